The van der Waals surface area contributed by atoms with Crippen LogP contribution in [0.1, 0.15) is 27.2 Å². The van der Waals surface area contributed by atoms with Gasteiger partial charge in [-0.1, -0.05) is 11.6 Å². The Morgan fingerprint density at radius 3 is 2.20 bits per heavy atom. The summed E-state index contributed by atoms with van der Waals surface area (Å²) in [4.78, 5) is 47.0. The lowest BCUT2D eigenvalue weighted by molar-refractivity contribution is -0.221. The predicted molar refractivity (Wildman–Crippen MR) is 101 cm³/mol. The fraction of sp³-hybridized carbons (Fsp3) is 0.778. The SMILES string of the molecule is COC(=O)[C@]1(Cl)C[C@H](OC)[C@@H](NC(C)=O)[C@H]([C@H](OC)[C@@H](COC(C)=O)OC(C)=O)O1. The summed E-state index contributed by atoms with van der Waals surface area (Å²) in [6.07, 6.45) is -4.31. The van der Waals surface area contributed by atoms with Gasteiger partial charge in [0.25, 0.3) is 0 Å². The molecule has 1 amide bonds. The van der Waals surface area contributed by atoms with Gasteiger partial charge >= 0.3 is 17.9 Å². The van der Waals surface area contributed by atoms with Crippen molar-refractivity contribution in [1.29, 1.82) is 0 Å². The summed E-state index contributed by atoms with van der Waals surface area (Å²) in [6, 6.07) is -0.843. The molecule has 1 heterocycles. The zero-order valence-corrected chi connectivity index (χ0v) is 18.5. The fourth-order valence-corrected chi connectivity index (χ4v) is 3.57. The summed E-state index contributed by atoms with van der Waals surface area (Å²) >= 11 is 6.40. The molecule has 0 radical (unpaired) electrons. The lowest BCUT2D eigenvalue weighted by Crippen LogP contribution is -2.67. The van der Waals surface area contributed by atoms with Crippen LogP contribution in [-0.2, 0) is 47.6 Å². The van der Waals surface area contributed by atoms with Gasteiger partial charge < -0.3 is 33.7 Å². The molecule has 1 aliphatic heterocycles. The average molecular weight is 454 g/mol. The van der Waals surface area contributed by atoms with Crippen molar-refractivity contribution in [3.63, 3.8) is 0 Å². The van der Waals surface area contributed by atoms with E-state index < -0.39 is 59.3 Å². The van der Waals surface area contributed by atoms with Gasteiger partial charge in [0, 0.05) is 41.4 Å². The molecule has 30 heavy (non-hydrogen) atoms. The van der Waals surface area contributed by atoms with Gasteiger partial charge in [-0.3, -0.25) is 14.4 Å². The van der Waals surface area contributed by atoms with Crippen molar-refractivity contribution in [2.75, 3.05) is 27.9 Å². The van der Waals surface area contributed by atoms with Gasteiger partial charge in [0.2, 0.25) is 11.0 Å². The van der Waals surface area contributed by atoms with Crippen molar-refractivity contribution in [1.82, 2.24) is 5.32 Å². The summed E-state index contributed by atoms with van der Waals surface area (Å²) in [5.41, 5.74) is 0. The number of halogens is 1. The number of carbonyl (C=O) groups is 4. The van der Waals surface area contributed by atoms with Crippen LogP contribution in [-0.4, -0.2) is 87.3 Å². The van der Waals surface area contributed by atoms with Crippen LogP contribution < -0.4 is 5.32 Å². The third-order valence-electron chi connectivity index (χ3n) is 4.43. The van der Waals surface area contributed by atoms with Crippen LogP contribution >= 0.6 is 11.6 Å². The van der Waals surface area contributed by atoms with Gasteiger partial charge in [-0.15, -0.1) is 0 Å². The van der Waals surface area contributed by atoms with Crippen molar-refractivity contribution >= 4 is 35.4 Å². The molecule has 0 unspecified atom stereocenters. The molecular formula is C18H28ClNO10. The number of ether oxygens (including phenoxy) is 6. The fourth-order valence-electron chi connectivity index (χ4n) is 3.24. The van der Waals surface area contributed by atoms with Crippen molar-refractivity contribution in [2.24, 2.45) is 0 Å². The molecular weight excluding hydrogens is 426 g/mol. The van der Waals surface area contributed by atoms with Gasteiger partial charge in [0.1, 0.15) is 18.8 Å². The molecule has 0 aromatic carbocycles. The number of rotatable bonds is 9. The Morgan fingerprint density at radius 2 is 1.77 bits per heavy atom. The summed E-state index contributed by atoms with van der Waals surface area (Å²) in [6.45, 7) is 3.28. The number of methoxy groups -OCH3 is 3. The molecule has 172 valence electrons. The van der Waals surface area contributed by atoms with E-state index in [1.807, 2.05) is 0 Å². The molecule has 1 rings (SSSR count). The molecule has 1 N–H and O–H groups in total. The summed E-state index contributed by atoms with van der Waals surface area (Å²) in [7, 11) is 3.82. The van der Waals surface area contributed by atoms with Crippen LogP contribution in [0.15, 0.2) is 0 Å². The quantitative estimate of drug-likeness (QED) is 0.286. The van der Waals surface area contributed by atoms with Crippen molar-refractivity contribution in [3.8, 4) is 0 Å². The Bertz CT molecular complexity index is 644. The molecule has 12 heteroatoms. The zero-order chi connectivity index (χ0) is 23.1. The monoisotopic (exact) mass is 453 g/mol. The average Bonchev–Trinajstić information content (AvgIpc) is 2.66. The molecule has 0 aliphatic carbocycles. The lowest BCUT2D eigenvalue weighted by Gasteiger charge is -2.47. The highest BCUT2D eigenvalue weighted by atomic mass is 35.5. The van der Waals surface area contributed by atoms with E-state index in [2.05, 4.69) is 5.32 Å². The van der Waals surface area contributed by atoms with Crippen LogP contribution in [0.5, 0.6) is 0 Å². The molecule has 0 aromatic heterocycles. The highest BCUT2D eigenvalue weighted by molar-refractivity contribution is 6.32. The van der Waals surface area contributed by atoms with E-state index in [4.69, 9.17) is 40.0 Å². The summed E-state index contributed by atoms with van der Waals surface area (Å²) < 4.78 is 31.7. The van der Waals surface area contributed by atoms with E-state index in [0.29, 0.717) is 0 Å². The van der Waals surface area contributed by atoms with E-state index in [9.17, 15) is 19.2 Å². The van der Waals surface area contributed by atoms with Crippen LogP contribution in [0.4, 0.5) is 0 Å². The second kappa shape index (κ2) is 11.4. The minimum atomic E-state index is -1.95. The summed E-state index contributed by atoms with van der Waals surface area (Å²) in [5.74, 6) is -2.57. The normalized spacial score (nSPS) is 28.0. The summed E-state index contributed by atoms with van der Waals surface area (Å²) in [5, 5.41) is 0.737. The van der Waals surface area contributed by atoms with E-state index in [0.717, 1.165) is 7.11 Å². The number of hydrogen-bond donors (Lipinski definition) is 1. The number of nitrogens with one attached hydrogen (secondary N) is 1. The first-order chi connectivity index (χ1) is 14.0. The maximum absolute atomic E-state index is 12.3. The lowest BCUT2D eigenvalue weighted by atomic mass is 9.89. The number of hydrogen-bond acceptors (Lipinski definition) is 10. The highest BCUT2D eigenvalue weighted by Gasteiger charge is 2.55. The molecule has 11 nitrogen and oxygen atoms in total. The Morgan fingerprint density at radius 1 is 1.13 bits per heavy atom. The number of esters is 3. The molecule has 0 spiro atoms. The predicted octanol–water partition coefficient (Wildman–Crippen LogP) is -0.0871. The van der Waals surface area contributed by atoms with Gasteiger partial charge in [0.15, 0.2) is 6.10 Å². The Kier molecular flexibility index (Phi) is 9.95. The maximum Gasteiger partial charge on any atom is 0.354 e. The number of alkyl halides is 1. The Balaban J connectivity index is 3.39. The third-order valence-corrected chi connectivity index (χ3v) is 4.83. The molecule has 1 saturated heterocycles. The smallest absolute Gasteiger partial charge is 0.354 e. The topological polar surface area (TPSA) is 136 Å². The maximum atomic E-state index is 12.3. The van der Waals surface area contributed by atoms with E-state index in [1.165, 1.54) is 35.0 Å². The van der Waals surface area contributed by atoms with E-state index >= 15 is 0 Å². The molecule has 0 aromatic rings. The van der Waals surface area contributed by atoms with Gasteiger partial charge in [-0.25, -0.2) is 4.79 Å². The first kappa shape index (κ1) is 26.1. The number of carbonyl (C=O) groups excluding carboxylic acids is 4. The zero-order valence-electron chi connectivity index (χ0n) is 17.8. The minimum absolute atomic E-state index is 0.141. The van der Waals surface area contributed by atoms with Crippen molar-refractivity contribution < 1.29 is 47.6 Å². The largest absolute Gasteiger partial charge is 0.466 e. The van der Waals surface area contributed by atoms with E-state index in [-0.39, 0.29) is 13.0 Å². The van der Waals surface area contributed by atoms with Crippen LogP contribution in [0, 0.1) is 0 Å². The van der Waals surface area contributed by atoms with Crippen molar-refractivity contribution in [3.05, 3.63) is 0 Å². The van der Waals surface area contributed by atoms with Crippen LogP contribution in [0.2, 0.25) is 0 Å². The number of amides is 1. The van der Waals surface area contributed by atoms with Gasteiger partial charge in [-0.05, 0) is 0 Å². The van der Waals surface area contributed by atoms with Gasteiger partial charge in [-0.2, -0.15) is 0 Å². The molecule has 0 bridgehead atoms. The second-order valence-electron chi connectivity index (χ2n) is 6.66. The highest BCUT2D eigenvalue weighted by Crippen LogP contribution is 2.38. The second-order valence-corrected chi connectivity index (χ2v) is 7.27. The Labute approximate surface area is 179 Å². The van der Waals surface area contributed by atoms with Crippen LogP contribution in [0.3, 0.4) is 0 Å². The van der Waals surface area contributed by atoms with Gasteiger partial charge in [0.05, 0.1) is 19.3 Å². The molecule has 1 fully saturated rings. The van der Waals surface area contributed by atoms with Crippen molar-refractivity contribution in [2.45, 2.75) is 62.7 Å². The Hall–Kier alpha value is -1.95. The third kappa shape index (κ3) is 6.79. The first-order valence-corrected chi connectivity index (χ1v) is 9.45. The van der Waals surface area contributed by atoms with E-state index in [1.54, 1.807) is 0 Å². The van der Waals surface area contributed by atoms with Crippen LogP contribution in [0.25, 0.3) is 0 Å². The minimum Gasteiger partial charge on any atom is -0.466 e. The molecule has 1 aliphatic rings. The first-order valence-electron chi connectivity index (χ1n) is 9.07. The molecule has 0 saturated carbocycles. The standard InChI is InChI=1S/C18H28ClNO10/c1-9(21)20-14-12(25-4)7-18(19,17(24)27-6)30-16(14)15(26-5)13(29-11(3)23)8-28-10(2)22/h12-16H,7-8H2,1-6H3,(H,20,21)/t12-,13+,14+,15+,16+,18-/m0/s1. The molecule has 6 atom stereocenters.